The van der Waals surface area contributed by atoms with Crippen molar-refractivity contribution in [2.75, 3.05) is 12.5 Å². The molecule has 0 fully saturated rings. The number of allylic oxidation sites excluding steroid dienone is 1. The highest BCUT2D eigenvalue weighted by atomic mass is 32.3. The summed E-state index contributed by atoms with van der Waals surface area (Å²) in [6, 6.07) is 7.15. The van der Waals surface area contributed by atoms with E-state index in [1.807, 2.05) is 19.1 Å². The van der Waals surface area contributed by atoms with Crippen LogP contribution in [0.3, 0.4) is 0 Å². The highest BCUT2D eigenvalue weighted by Crippen LogP contribution is 2.21. The molecule has 108 valence electrons. The van der Waals surface area contributed by atoms with E-state index in [0.717, 1.165) is 29.7 Å². The minimum Gasteiger partial charge on any atom is -0.258 e. The summed E-state index contributed by atoms with van der Waals surface area (Å²) in [5, 5.41) is 11.0. The second kappa shape index (κ2) is 6.71. The van der Waals surface area contributed by atoms with Gasteiger partial charge in [0.25, 0.3) is 5.70 Å². The molecule has 0 aromatic heterocycles. The van der Waals surface area contributed by atoms with Crippen LogP contribution >= 0.6 is 11.8 Å². The zero-order valence-corrected chi connectivity index (χ0v) is 13.0. The number of nitrogens with zero attached hydrogens (tertiary/aromatic N) is 1. The number of benzene rings is 1. The van der Waals surface area contributed by atoms with Gasteiger partial charge in [0, 0.05) is 18.4 Å². The molecule has 1 aromatic carbocycles. The lowest BCUT2D eigenvalue weighted by Crippen LogP contribution is -2.02. The Morgan fingerprint density at radius 3 is 2.25 bits per heavy atom. The molecule has 0 spiro atoms. The van der Waals surface area contributed by atoms with Gasteiger partial charge in [0.1, 0.15) is 4.24 Å². The maximum absolute atomic E-state index is 11.5. The van der Waals surface area contributed by atoms with Gasteiger partial charge in [-0.3, -0.25) is 10.1 Å². The van der Waals surface area contributed by atoms with Crippen molar-refractivity contribution in [2.24, 2.45) is 0 Å². The number of hydrogen-bond donors (Lipinski definition) is 0. The van der Waals surface area contributed by atoms with E-state index in [1.165, 1.54) is 6.08 Å². The van der Waals surface area contributed by atoms with Crippen molar-refractivity contribution >= 4 is 27.7 Å². The third-order valence-corrected chi connectivity index (χ3v) is 5.21. The van der Waals surface area contributed by atoms with Crippen molar-refractivity contribution in [3.05, 3.63) is 61.5 Å². The summed E-state index contributed by atoms with van der Waals surface area (Å²) < 4.78 is 22.9. The molecule has 0 saturated carbocycles. The molecule has 0 unspecified atom stereocenters. The molecule has 0 aliphatic heterocycles. The predicted octanol–water partition coefficient (Wildman–Crippen LogP) is 2.86. The van der Waals surface area contributed by atoms with E-state index in [0.29, 0.717) is 5.56 Å². The first kappa shape index (κ1) is 16.5. The van der Waals surface area contributed by atoms with Crippen molar-refractivity contribution in [1.29, 1.82) is 0 Å². The van der Waals surface area contributed by atoms with Crippen molar-refractivity contribution in [1.82, 2.24) is 0 Å². The first-order chi connectivity index (χ1) is 9.24. The van der Waals surface area contributed by atoms with Gasteiger partial charge in [0.15, 0.2) is 9.84 Å². The highest BCUT2D eigenvalue weighted by Gasteiger charge is 2.16. The van der Waals surface area contributed by atoms with Gasteiger partial charge in [-0.15, -0.1) is 11.8 Å². The molecule has 0 heterocycles. The van der Waals surface area contributed by atoms with E-state index in [9.17, 15) is 18.5 Å². The highest BCUT2D eigenvalue weighted by molar-refractivity contribution is 8.18. The lowest BCUT2D eigenvalue weighted by Gasteiger charge is -2.00. The van der Waals surface area contributed by atoms with Gasteiger partial charge in [-0.05, 0) is 18.7 Å². The van der Waals surface area contributed by atoms with E-state index >= 15 is 0 Å². The number of sulfone groups is 1. The number of aryl methyl sites for hydroxylation is 1. The molecular weight excluding hydrogens is 298 g/mol. The standard InChI is InChI=1S/C13H15NO4S2/c1-10-4-6-11(7-5-10)8-12(14(15)16)9-13(19-2)20(3,17)18/h4-9H,1-3H3/b12-8+,13-9+. The third kappa shape index (κ3) is 4.82. The molecule has 7 heteroatoms. The molecule has 0 atom stereocenters. The molecule has 0 aliphatic carbocycles. The first-order valence-electron chi connectivity index (χ1n) is 5.62. The fourth-order valence-electron chi connectivity index (χ4n) is 1.42. The fraction of sp³-hybridized carbons (Fsp3) is 0.231. The van der Waals surface area contributed by atoms with Gasteiger partial charge in [0.2, 0.25) is 0 Å². The van der Waals surface area contributed by atoms with E-state index in [1.54, 1.807) is 18.4 Å². The van der Waals surface area contributed by atoms with Crippen molar-refractivity contribution in [2.45, 2.75) is 6.92 Å². The maximum Gasteiger partial charge on any atom is 0.271 e. The molecule has 1 aromatic rings. The zero-order valence-electron chi connectivity index (χ0n) is 11.4. The predicted molar refractivity (Wildman–Crippen MR) is 82.6 cm³/mol. The molecule has 0 N–H and O–H groups in total. The molecule has 1 rings (SSSR count). The lowest BCUT2D eigenvalue weighted by atomic mass is 10.1. The summed E-state index contributed by atoms with van der Waals surface area (Å²) in [6.07, 6.45) is 5.02. The topological polar surface area (TPSA) is 77.3 Å². The summed E-state index contributed by atoms with van der Waals surface area (Å²) in [6.45, 7) is 1.91. The van der Waals surface area contributed by atoms with Crippen LogP contribution in [0, 0.1) is 17.0 Å². The van der Waals surface area contributed by atoms with Crippen LogP contribution in [0.5, 0.6) is 0 Å². The average Bonchev–Trinajstić information content (AvgIpc) is 2.34. The second-order valence-corrected chi connectivity index (χ2v) is 7.27. The number of nitro groups is 1. The first-order valence-corrected chi connectivity index (χ1v) is 8.74. The monoisotopic (exact) mass is 313 g/mol. The van der Waals surface area contributed by atoms with Gasteiger partial charge in [-0.2, -0.15) is 0 Å². The Balaban J connectivity index is 3.28. The summed E-state index contributed by atoms with van der Waals surface area (Å²) in [5.74, 6) is 0. The van der Waals surface area contributed by atoms with Crippen LogP contribution in [0.1, 0.15) is 11.1 Å². The van der Waals surface area contributed by atoms with Crippen LogP contribution in [0.4, 0.5) is 0 Å². The quantitative estimate of drug-likeness (QED) is 0.474. The largest absolute Gasteiger partial charge is 0.271 e. The van der Waals surface area contributed by atoms with Gasteiger partial charge in [0.05, 0.1) is 4.92 Å². The Kier molecular flexibility index (Phi) is 5.52. The van der Waals surface area contributed by atoms with Gasteiger partial charge in [-0.25, -0.2) is 8.42 Å². The van der Waals surface area contributed by atoms with Crippen LogP contribution in [-0.2, 0) is 9.84 Å². The summed E-state index contributed by atoms with van der Waals surface area (Å²) in [5.41, 5.74) is 1.43. The molecule has 0 amide bonds. The minimum absolute atomic E-state index is 0.0347. The van der Waals surface area contributed by atoms with Gasteiger partial charge in [-0.1, -0.05) is 29.8 Å². The molecule has 0 aliphatic rings. The molecule has 0 saturated heterocycles. The Labute approximate surface area is 122 Å². The summed E-state index contributed by atoms with van der Waals surface area (Å²) in [7, 11) is -3.46. The Morgan fingerprint density at radius 1 is 1.30 bits per heavy atom. The van der Waals surface area contributed by atoms with E-state index in [-0.39, 0.29) is 9.93 Å². The minimum atomic E-state index is -3.46. The number of thioether (sulfide) groups is 1. The number of hydrogen-bond acceptors (Lipinski definition) is 5. The zero-order chi connectivity index (χ0) is 15.3. The smallest absolute Gasteiger partial charge is 0.258 e. The Hall–Kier alpha value is -1.60. The molecular formula is C13H15NO4S2. The van der Waals surface area contributed by atoms with Crippen molar-refractivity contribution in [3.8, 4) is 0 Å². The van der Waals surface area contributed by atoms with Gasteiger partial charge >= 0.3 is 0 Å². The van der Waals surface area contributed by atoms with E-state index in [4.69, 9.17) is 0 Å². The summed E-state index contributed by atoms with van der Waals surface area (Å²) >= 11 is 0.963. The molecule has 0 bridgehead atoms. The lowest BCUT2D eigenvalue weighted by molar-refractivity contribution is -0.417. The van der Waals surface area contributed by atoms with Crippen molar-refractivity contribution in [3.63, 3.8) is 0 Å². The maximum atomic E-state index is 11.5. The summed E-state index contributed by atoms with van der Waals surface area (Å²) in [4.78, 5) is 10.4. The third-order valence-electron chi connectivity index (χ3n) is 2.44. The molecule has 0 radical (unpaired) electrons. The molecule has 20 heavy (non-hydrogen) atoms. The van der Waals surface area contributed by atoms with Crippen LogP contribution in [0.2, 0.25) is 0 Å². The Morgan fingerprint density at radius 2 is 1.85 bits per heavy atom. The average molecular weight is 313 g/mol. The Bertz CT molecular complexity index is 658. The SMILES string of the molecule is CS/C(=C\C(=C/c1ccc(C)cc1)[N+](=O)[O-])S(C)(=O)=O. The van der Waals surface area contributed by atoms with Crippen molar-refractivity contribution < 1.29 is 13.3 Å². The van der Waals surface area contributed by atoms with Gasteiger partial charge < -0.3 is 0 Å². The van der Waals surface area contributed by atoms with Crippen LogP contribution < -0.4 is 0 Å². The van der Waals surface area contributed by atoms with E-state index in [2.05, 4.69) is 0 Å². The van der Waals surface area contributed by atoms with Crippen LogP contribution in [0.25, 0.3) is 6.08 Å². The second-order valence-electron chi connectivity index (χ2n) is 4.18. The number of rotatable bonds is 5. The van der Waals surface area contributed by atoms with Crippen LogP contribution in [-0.4, -0.2) is 25.9 Å². The van der Waals surface area contributed by atoms with E-state index < -0.39 is 14.8 Å². The fourth-order valence-corrected chi connectivity index (χ4v) is 3.20. The molecule has 5 nitrogen and oxygen atoms in total. The van der Waals surface area contributed by atoms with Crippen LogP contribution in [0.15, 0.2) is 40.3 Å². The normalized spacial score (nSPS) is 13.3.